The van der Waals surface area contributed by atoms with Crippen molar-refractivity contribution in [1.82, 2.24) is 10.2 Å². The number of carbonyl (C=O) groups is 3. The molecule has 2 aromatic rings. The zero-order chi connectivity index (χ0) is 23.1. The van der Waals surface area contributed by atoms with Gasteiger partial charge in [0.05, 0.1) is 6.61 Å². The Morgan fingerprint density at radius 1 is 1.00 bits per heavy atom. The molecule has 1 aliphatic heterocycles. The highest BCUT2D eigenvalue weighted by atomic mass is 16.7. The maximum atomic E-state index is 12.6. The largest absolute Gasteiger partial charge is 0.513 e. The number of likely N-dealkylation sites (tertiary alicyclic amines) is 1. The number of hydrogen-bond acceptors (Lipinski definition) is 7. The molecular weight excluding hydrogens is 416 g/mol. The molecule has 0 radical (unpaired) electrons. The number of rotatable bonds is 6. The molecule has 3 rings (SSSR count). The van der Waals surface area contributed by atoms with Gasteiger partial charge in [0.2, 0.25) is 0 Å². The average Bonchev–Trinajstić information content (AvgIpc) is 2.77. The summed E-state index contributed by atoms with van der Waals surface area (Å²) in [6.07, 6.45) is 0.655. The number of nitrogens with one attached hydrogen (secondary N) is 1. The van der Waals surface area contributed by atoms with Gasteiger partial charge in [0.25, 0.3) is 11.8 Å². The van der Waals surface area contributed by atoms with E-state index in [-0.39, 0.29) is 47.2 Å². The first-order valence-electron chi connectivity index (χ1n) is 10.4. The van der Waals surface area contributed by atoms with Gasteiger partial charge in [0.1, 0.15) is 17.2 Å². The summed E-state index contributed by atoms with van der Waals surface area (Å²) in [5.74, 6) is -0.285. The molecule has 2 aromatic carbocycles. The first-order chi connectivity index (χ1) is 15.4. The van der Waals surface area contributed by atoms with Gasteiger partial charge in [0, 0.05) is 36.8 Å². The SMILES string of the molecule is CCOC(=O)Oc1ccc(C(=O)NCC2CCN(C(=O)c3cc(O)cc(O)c3)CC2)cc1. The van der Waals surface area contributed by atoms with Crippen molar-refractivity contribution in [3.05, 3.63) is 53.6 Å². The third-order valence-corrected chi connectivity index (χ3v) is 5.18. The van der Waals surface area contributed by atoms with Crippen molar-refractivity contribution in [2.24, 2.45) is 5.92 Å². The molecule has 0 bridgehead atoms. The van der Waals surface area contributed by atoms with E-state index in [2.05, 4.69) is 5.32 Å². The van der Waals surface area contributed by atoms with Crippen LogP contribution < -0.4 is 10.1 Å². The summed E-state index contributed by atoms with van der Waals surface area (Å²) in [5, 5.41) is 22.1. The summed E-state index contributed by atoms with van der Waals surface area (Å²) < 4.78 is 9.67. The number of piperidine rings is 1. The lowest BCUT2D eigenvalue weighted by Gasteiger charge is -2.32. The number of phenolic OH excluding ortho intramolecular Hbond substituents is 2. The summed E-state index contributed by atoms with van der Waals surface area (Å²) in [7, 11) is 0. The van der Waals surface area contributed by atoms with Crippen LogP contribution >= 0.6 is 0 Å². The van der Waals surface area contributed by atoms with E-state index in [4.69, 9.17) is 9.47 Å². The molecule has 2 amide bonds. The zero-order valence-electron chi connectivity index (χ0n) is 17.7. The summed E-state index contributed by atoms with van der Waals surface area (Å²) >= 11 is 0. The lowest BCUT2D eigenvalue weighted by Crippen LogP contribution is -2.41. The predicted molar refractivity (Wildman–Crippen MR) is 115 cm³/mol. The van der Waals surface area contributed by atoms with Crippen LogP contribution in [0.5, 0.6) is 17.2 Å². The Hall–Kier alpha value is -3.75. The Labute approximate surface area is 185 Å². The maximum Gasteiger partial charge on any atom is 0.513 e. The molecule has 170 valence electrons. The lowest BCUT2D eigenvalue weighted by atomic mass is 9.96. The number of amides is 2. The summed E-state index contributed by atoms with van der Waals surface area (Å²) in [5.41, 5.74) is 0.683. The molecule has 0 saturated carbocycles. The molecule has 3 N–H and O–H groups in total. The topological polar surface area (TPSA) is 125 Å². The molecule has 0 atom stereocenters. The standard InChI is InChI=1S/C23H26N2O7/c1-2-31-23(30)32-20-5-3-16(4-6-20)21(28)24-14-15-7-9-25(10-8-15)22(29)17-11-18(26)13-19(27)12-17/h3-6,11-13,15,26-27H,2,7-10,14H2,1H3,(H,24,28). The Morgan fingerprint density at radius 3 is 2.22 bits per heavy atom. The van der Waals surface area contributed by atoms with Crippen molar-refractivity contribution < 1.29 is 34.1 Å². The van der Waals surface area contributed by atoms with Crippen LogP contribution in [0.2, 0.25) is 0 Å². The number of benzene rings is 2. The van der Waals surface area contributed by atoms with Crippen molar-refractivity contribution >= 4 is 18.0 Å². The van der Waals surface area contributed by atoms with Crippen LogP contribution in [0.3, 0.4) is 0 Å². The molecule has 1 fully saturated rings. The van der Waals surface area contributed by atoms with Gasteiger partial charge < -0.3 is 29.9 Å². The van der Waals surface area contributed by atoms with E-state index in [1.54, 1.807) is 24.0 Å². The molecular formula is C23H26N2O7. The summed E-state index contributed by atoms with van der Waals surface area (Å²) in [6.45, 7) is 3.42. The number of nitrogens with zero attached hydrogens (tertiary/aromatic N) is 1. The van der Waals surface area contributed by atoms with Crippen LogP contribution in [0.4, 0.5) is 4.79 Å². The predicted octanol–water partition coefficient (Wildman–Crippen LogP) is 2.92. The number of carbonyl (C=O) groups excluding carboxylic acids is 3. The van der Waals surface area contributed by atoms with E-state index in [9.17, 15) is 24.6 Å². The first kappa shape index (κ1) is 22.9. The van der Waals surface area contributed by atoms with E-state index < -0.39 is 6.16 Å². The monoisotopic (exact) mass is 442 g/mol. The minimum Gasteiger partial charge on any atom is -0.508 e. The smallest absolute Gasteiger partial charge is 0.508 e. The van der Waals surface area contributed by atoms with Crippen LogP contribution in [0, 0.1) is 5.92 Å². The van der Waals surface area contributed by atoms with Crippen molar-refractivity contribution in [3.8, 4) is 17.2 Å². The molecule has 1 saturated heterocycles. The van der Waals surface area contributed by atoms with Crippen molar-refractivity contribution in [2.45, 2.75) is 19.8 Å². The lowest BCUT2D eigenvalue weighted by molar-refractivity contribution is 0.0683. The third kappa shape index (κ3) is 6.13. The fourth-order valence-corrected chi connectivity index (χ4v) is 3.50. The minimum atomic E-state index is -0.796. The number of hydrogen-bond donors (Lipinski definition) is 3. The molecule has 9 heteroatoms. The maximum absolute atomic E-state index is 12.6. The van der Waals surface area contributed by atoms with E-state index in [1.807, 2.05) is 0 Å². The van der Waals surface area contributed by atoms with Crippen LogP contribution in [-0.4, -0.2) is 59.3 Å². The second kappa shape index (κ2) is 10.5. The van der Waals surface area contributed by atoms with Crippen LogP contribution in [-0.2, 0) is 4.74 Å². The van der Waals surface area contributed by atoms with Gasteiger partial charge in [-0.25, -0.2) is 4.79 Å². The Bertz CT molecular complexity index is 947. The zero-order valence-corrected chi connectivity index (χ0v) is 17.7. The van der Waals surface area contributed by atoms with Gasteiger partial charge >= 0.3 is 6.16 Å². The molecule has 1 heterocycles. The normalized spacial score (nSPS) is 14.0. The fourth-order valence-electron chi connectivity index (χ4n) is 3.50. The Balaban J connectivity index is 1.45. The van der Waals surface area contributed by atoms with E-state index >= 15 is 0 Å². The molecule has 0 aliphatic carbocycles. The fraction of sp³-hybridized carbons (Fsp3) is 0.348. The van der Waals surface area contributed by atoms with Gasteiger partial charge in [-0.1, -0.05) is 0 Å². The molecule has 32 heavy (non-hydrogen) atoms. The van der Waals surface area contributed by atoms with E-state index in [1.165, 1.54) is 30.3 Å². The summed E-state index contributed by atoms with van der Waals surface area (Å²) in [6, 6.07) is 10.0. The second-order valence-corrected chi connectivity index (χ2v) is 7.49. The number of phenols is 2. The molecule has 0 spiro atoms. The van der Waals surface area contributed by atoms with Gasteiger partial charge in [-0.3, -0.25) is 9.59 Å². The highest BCUT2D eigenvalue weighted by Gasteiger charge is 2.24. The molecule has 9 nitrogen and oxygen atoms in total. The third-order valence-electron chi connectivity index (χ3n) is 5.18. The molecule has 0 unspecified atom stereocenters. The first-order valence-corrected chi connectivity index (χ1v) is 10.4. The van der Waals surface area contributed by atoms with Crippen molar-refractivity contribution in [1.29, 1.82) is 0 Å². The van der Waals surface area contributed by atoms with E-state index in [0.717, 1.165) is 12.8 Å². The quantitative estimate of drug-likeness (QED) is 0.464. The summed E-state index contributed by atoms with van der Waals surface area (Å²) in [4.78, 5) is 38.0. The van der Waals surface area contributed by atoms with Crippen LogP contribution in [0.25, 0.3) is 0 Å². The van der Waals surface area contributed by atoms with Gasteiger partial charge in [-0.15, -0.1) is 0 Å². The highest BCUT2D eigenvalue weighted by Crippen LogP contribution is 2.24. The number of aromatic hydroxyl groups is 2. The van der Waals surface area contributed by atoms with Crippen molar-refractivity contribution in [2.75, 3.05) is 26.2 Å². The average molecular weight is 442 g/mol. The highest BCUT2D eigenvalue weighted by molar-refractivity contribution is 5.95. The number of ether oxygens (including phenoxy) is 2. The van der Waals surface area contributed by atoms with Gasteiger partial charge in [0.15, 0.2) is 0 Å². The Morgan fingerprint density at radius 2 is 1.62 bits per heavy atom. The van der Waals surface area contributed by atoms with Gasteiger partial charge in [-0.05, 0) is 62.1 Å². The molecule has 1 aliphatic rings. The second-order valence-electron chi connectivity index (χ2n) is 7.49. The van der Waals surface area contributed by atoms with Crippen LogP contribution in [0.1, 0.15) is 40.5 Å². The minimum absolute atomic E-state index is 0.161. The Kier molecular flexibility index (Phi) is 7.54. The van der Waals surface area contributed by atoms with Gasteiger partial charge in [-0.2, -0.15) is 0 Å². The van der Waals surface area contributed by atoms with Crippen molar-refractivity contribution in [3.63, 3.8) is 0 Å². The van der Waals surface area contributed by atoms with Crippen LogP contribution in [0.15, 0.2) is 42.5 Å². The van der Waals surface area contributed by atoms with E-state index in [0.29, 0.717) is 25.2 Å². The molecule has 0 aromatic heterocycles.